The summed E-state index contributed by atoms with van der Waals surface area (Å²) in [6, 6.07) is 24.0. The number of nitrogens with one attached hydrogen (secondary N) is 1. The summed E-state index contributed by atoms with van der Waals surface area (Å²) in [5.74, 6) is 0.399. The van der Waals surface area contributed by atoms with E-state index in [0.29, 0.717) is 11.3 Å². The summed E-state index contributed by atoms with van der Waals surface area (Å²) < 4.78 is 5.65. The van der Waals surface area contributed by atoms with Crippen molar-refractivity contribution in [2.75, 3.05) is 6.61 Å². The SMILES string of the molecule is O=C(COc1ccccc1-c1ccccc1)NN=Cc1cccc(O)c1. The van der Waals surface area contributed by atoms with Gasteiger partial charge in [0.15, 0.2) is 6.61 Å². The van der Waals surface area contributed by atoms with Gasteiger partial charge in [0.1, 0.15) is 11.5 Å². The lowest BCUT2D eigenvalue weighted by atomic mass is 10.1. The standard InChI is InChI=1S/C21H18N2O3/c24-18-10-6-7-16(13-18)14-22-23-21(25)15-26-20-12-5-4-11-19(20)17-8-2-1-3-9-17/h1-14,24H,15H2,(H,23,25). The predicted molar refractivity (Wildman–Crippen MR) is 101 cm³/mol. The van der Waals surface area contributed by atoms with Gasteiger partial charge >= 0.3 is 0 Å². The molecule has 0 heterocycles. The number of para-hydroxylation sites is 1. The zero-order valence-corrected chi connectivity index (χ0v) is 14.0. The molecule has 0 unspecified atom stereocenters. The van der Waals surface area contributed by atoms with Gasteiger partial charge in [-0.05, 0) is 29.3 Å². The van der Waals surface area contributed by atoms with E-state index in [1.54, 1.807) is 24.3 Å². The number of rotatable bonds is 6. The minimum absolute atomic E-state index is 0.140. The lowest BCUT2D eigenvalue weighted by molar-refractivity contribution is -0.123. The molecule has 130 valence electrons. The third-order valence-electron chi connectivity index (χ3n) is 3.60. The summed E-state index contributed by atoms with van der Waals surface area (Å²) in [4.78, 5) is 11.9. The summed E-state index contributed by atoms with van der Waals surface area (Å²) in [5, 5.41) is 13.2. The Hall–Kier alpha value is -3.60. The van der Waals surface area contributed by atoms with Crippen LogP contribution in [0.1, 0.15) is 5.56 Å². The third-order valence-corrected chi connectivity index (χ3v) is 3.60. The maximum atomic E-state index is 11.9. The van der Waals surface area contributed by atoms with Gasteiger partial charge in [0, 0.05) is 5.56 Å². The van der Waals surface area contributed by atoms with Crippen molar-refractivity contribution < 1.29 is 14.6 Å². The van der Waals surface area contributed by atoms with Crippen molar-refractivity contribution in [2.45, 2.75) is 0 Å². The Balaban J connectivity index is 1.58. The molecule has 0 aliphatic carbocycles. The average molecular weight is 346 g/mol. The average Bonchev–Trinajstić information content (AvgIpc) is 2.67. The van der Waals surface area contributed by atoms with Crippen LogP contribution in [0.4, 0.5) is 0 Å². The summed E-state index contributed by atoms with van der Waals surface area (Å²) >= 11 is 0. The smallest absolute Gasteiger partial charge is 0.277 e. The largest absolute Gasteiger partial charge is 0.508 e. The van der Waals surface area contributed by atoms with Crippen molar-refractivity contribution in [3.8, 4) is 22.6 Å². The Labute approximate surface area is 151 Å². The fourth-order valence-corrected chi connectivity index (χ4v) is 2.41. The lowest BCUT2D eigenvalue weighted by Gasteiger charge is -2.10. The number of nitrogens with zero attached hydrogens (tertiary/aromatic N) is 1. The van der Waals surface area contributed by atoms with E-state index in [0.717, 1.165) is 11.1 Å². The summed E-state index contributed by atoms with van der Waals surface area (Å²) in [5.41, 5.74) is 5.02. The van der Waals surface area contributed by atoms with Crippen molar-refractivity contribution in [1.29, 1.82) is 0 Å². The number of hydrazone groups is 1. The molecule has 0 aliphatic heterocycles. The van der Waals surface area contributed by atoms with Crippen LogP contribution in [-0.4, -0.2) is 23.8 Å². The van der Waals surface area contributed by atoms with E-state index in [1.807, 2.05) is 54.6 Å². The second kappa shape index (κ2) is 8.48. The minimum atomic E-state index is -0.371. The van der Waals surface area contributed by atoms with E-state index in [-0.39, 0.29) is 18.3 Å². The highest BCUT2D eigenvalue weighted by molar-refractivity contribution is 5.83. The number of phenols is 1. The number of phenolic OH excluding ortho intramolecular Hbond substituents is 1. The molecule has 0 spiro atoms. The first-order chi connectivity index (χ1) is 12.7. The van der Waals surface area contributed by atoms with Crippen molar-refractivity contribution in [1.82, 2.24) is 5.43 Å². The molecule has 3 aromatic rings. The first-order valence-corrected chi connectivity index (χ1v) is 8.10. The van der Waals surface area contributed by atoms with E-state index in [1.165, 1.54) is 6.21 Å². The van der Waals surface area contributed by atoms with Crippen LogP contribution in [0.15, 0.2) is 84.0 Å². The highest BCUT2D eigenvalue weighted by Crippen LogP contribution is 2.29. The lowest BCUT2D eigenvalue weighted by Crippen LogP contribution is -2.24. The van der Waals surface area contributed by atoms with Crippen LogP contribution in [0.5, 0.6) is 11.5 Å². The second-order valence-electron chi connectivity index (χ2n) is 5.54. The molecule has 0 atom stereocenters. The molecule has 0 saturated carbocycles. The molecule has 0 fully saturated rings. The maximum absolute atomic E-state index is 11.9. The van der Waals surface area contributed by atoms with Gasteiger partial charge in [0.25, 0.3) is 5.91 Å². The van der Waals surface area contributed by atoms with Gasteiger partial charge in [-0.15, -0.1) is 0 Å². The quantitative estimate of drug-likeness (QED) is 0.529. The molecule has 3 rings (SSSR count). The zero-order chi connectivity index (χ0) is 18.2. The summed E-state index contributed by atoms with van der Waals surface area (Å²) in [6.45, 7) is -0.152. The Morgan fingerprint density at radius 3 is 2.58 bits per heavy atom. The fourth-order valence-electron chi connectivity index (χ4n) is 2.41. The van der Waals surface area contributed by atoms with Crippen molar-refractivity contribution in [3.63, 3.8) is 0 Å². The van der Waals surface area contributed by atoms with E-state index < -0.39 is 0 Å². The topological polar surface area (TPSA) is 70.9 Å². The molecule has 0 aromatic heterocycles. The van der Waals surface area contributed by atoms with Gasteiger partial charge in [-0.3, -0.25) is 4.79 Å². The van der Waals surface area contributed by atoms with Gasteiger partial charge in [0.2, 0.25) is 0 Å². The molecule has 5 nitrogen and oxygen atoms in total. The molecule has 2 N–H and O–H groups in total. The first-order valence-electron chi connectivity index (χ1n) is 8.10. The number of amides is 1. The second-order valence-corrected chi connectivity index (χ2v) is 5.54. The monoisotopic (exact) mass is 346 g/mol. The molecule has 1 amide bonds. The Morgan fingerprint density at radius 1 is 1.00 bits per heavy atom. The number of benzene rings is 3. The molecular formula is C21H18N2O3. The highest BCUT2D eigenvalue weighted by atomic mass is 16.5. The summed E-state index contributed by atoms with van der Waals surface area (Å²) in [7, 11) is 0. The molecular weight excluding hydrogens is 328 g/mol. The van der Waals surface area contributed by atoms with Crippen LogP contribution in [-0.2, 0) is 4.79 Å². The van der Waals surface area contributed by atoms with Gasteiger partial charge in [-0.25, -0.2) is 5.43 Å². The molecule has 0 radical (unpaired) electrons. The maximum Gasteiger partial charge on any atom is 0.277 e. The van der Waals surface area contributed by atoms with Crippen LogP contribution in [0.25, 0.3) is 11.1 Å². The zero-order valence-electron chi connectivity index (χ0n) is 14.0. The molecule has 0 bridgehead atoms. The predicted octanol–water partition coefficient (Wildman–Crippen LogP) is 3.59. The van der Waals surface area contributed by atoms with Crippen LogP contribution >= 0.6 is 0 Å². The van der Waals surface area contributed by atoms with Gasteiger partial charge in [-0.2, -0.15) is 5.10 Å². The van der Waals surface area contributed by atoms with Crippen LogP contribution in [0.2, 0.25) is 0 Å². The van der Waals surface area contributed by atoms with Gasteiger partial charge in [0.05, 0.1) is 6.21 Å². The number of carbonyl (C=O) groups excluding carboxylic acids is 1. The first kappa shape index (κ1) is 17.2. The van der Waals surface area contributed by atoms with E-state index in [4.69, 9.17) is 4.74 Å². The number of aromatic hydroxyl groups is 1. The fraction of sp³-hybridized carbons (Fsp3) is 0.0476. The normalized spacial score (nSPS) is 10.6. The molecule has 0 aliphatic rings. The molecule has 26 heavy (non-hydrogen) atoms. The van der Waals surface area contributed by atoms with Crippen LogP contribution < -0.4 is 10.2 Å². The minimum Gasteiger partial charge on any atom is -0.508 e. The van der Waals surface area contributed by atoms with Crippen molar-refractivity contribution in [2.24, 2.45) is 5.10 Å². The van der Waals surface area contributed by atoms with E-state index >= 15 is 0 Å². The van der Waals surface area contributed by atoms with Gasteiger partial charge in [-0.1, -0.05) is 60.7 Å². The molecule has 5 heteroatoms. The highest BCUT2D eigenvalue weighted by Gasteiger charge is 2.07. The number of ether oxygens (including phenoxy) is 1. The number of hydrogen-bond acceptors (Lipinski definition) is 4. The van der Waals surface area contributed by atoms with E-state index in [9.17, 15) is 9.90 Å². The molecule has 3 aromatic carbocycles. The van der Waals surface area contributed by atoms with E-state index in [2.05, 4.69) is 10.5 Å². The number of carbonyl (C=O) groups is 1. The Bertz CT molecular complexity index is 908. The number of hydrogen-bond donors (Lipinski definition) is 2. The molecule has 0 saturated heterocycles. The Morgan fingerprint density at radius 2 is 1.77 bits per heavy atom. The van der Waals surface area contributed by atoms with Crippen LogP contribution in [0, 0.1) is 0 Å². The van der Waals surface area contributed by atoms with Gasteiger partial charge < -0.3 is 9.84 Å². The van der Waals surface area contributed by atoms with Crippen molar-refractivity contribution >= 4 is 12.1 Å². The third kappa shape index (κ3) is 4.70. The summed E-state index contributed by atoms with van der Waals surface area (Å²) in [6.07, 6.45) is 1.45. The van der Waals surface area contributed by atoms with Crippen LogP contribution in [0.3, 0.4) is 0 Å². The van der Waals surface area contributed by atoms with Crippen molar-refractivity contribution in [3.05, 3.63) is 84.4 Å². The Kier molecular flexibility index (Phi) is 5.62.